The van der Waals surface area contributed by atoms with Gasteiger partial charge in [0.15, 0.2) is 23.1 Å². The fraction of sp³-hybridized carbons (Fsp3) is 0.350. The van der Waals surface area contributed by atoms with Gasteiger partial charge >= 0.3 is 0 Å². The van der Waals surface area contributed by atoms with Crippen molar-refractivity contribution in [2.45, 2.75) is 19.9 Å². The minimum absolute atomic E-state index is 0.00174. The number of halogens is 2. The fourth-order valence-electron chi connectivity index (χ4n) is 2.86. The first-order valence-electron chi connectivity index (χ1n) is 8.44. The van der Waals surface area contributed by atoms with Gasteiger partial charge in [0.25, 0.3) is 0 Å². The molecule has 5 nitrogen and oxygen atoms in total. The minimum atomic E-state index is -0.950. The number of hydrogen-bond acceptors (Lipinski definition) is 4. The van der Waals surface area contributed by atoms with Crippen LogP contribution in [0.3, 0.4) is 0 Å². The Balaban J connectivity index is 2.07. The van der Waals surface area contributed by atoms with Crippen molar-refractivity contribution in [1.29, 1.82) is 0 Å². The highest BCUT2D eigenvalue weighted by atomic mass is 19.2. The molecule has 0 fully saturated rings. The number of anilines is 1. The fourth-order valence-corrected chi connectivity index (χ4v) is 2.86. The molecule has 0 saturated heterocycles. The van der Waals surface area contributed by atoms with Crippen LogP contribution in [0.1, 0.15) is 24.1 Å². The summed E-state index contributed by atoms with van der Waals surface area (Å²) < 4.78 is 37.0. The molecule has 27 heavy (non-hydrogen) atoms. The van der Waals surface area contributed by atoms with E-state index in [0.717, 1.165) is 23.3 Å². The van der Waals surface area contributed by atoms with Crippen molar-refractivity contribution in [3.8, 4) is 11.5 Å². The van der Waals surface area contributed by atoms with Gasteiger partial charge in [0.05, 0.1) is 26.8 Å². The van der Waals surface area contributed by atoms with Gasteiger partial charge in [-0.1, -0.05) is 0 Å². The monoisotopic (exact) mass is 378 g/mol. The maximum absolute atomic E-state index is 13.4. The van der Waals surface area contributed by atoms with Gasteiger partial charge in [-0.15, -0.1) is 0 Å². The summed E-state index contributed by atoms with van der Waals surface area (Å²) in [7, 11) is 4.76. The summed E-state index contributed by atoms with van der Waals surface area (Å²) in [5.74, 6) is -0.916. The van der Waals surface area contributed by atoms with Crippen molar-refractivity contribution in [3.63, 3.8) is 0 Å². The molecule has 7 heteroatoms. The van der Waals surface area contributed by atoms with Crippen molar-refractivity contribution in [2.75, 3.05) is 32.7 Å². The number of ether oxygens (including phenoxy) is 2. The lowest BCUT2D eigenvalue weighted by Crippen LogP contribution is -2.36. The zero-order valence-electron chi connectivity index (χ0n) is 16.1. The molecule has 1 N–H and O–H groups in total. The number of carbonyl (C=O) groups is 1. The molecular formula is C20H24F2N2O3. The Hall–Kier alpha value is -2.83. The largest absolute Gasteiger partial charge is 0.493 e. The number of benzene rings is 2. The molecule has 2 aromatic rings. The van der Waals surface area contributed by atoms with Crippen molar-refractivity contribution in [3.05, 3.63) is 53.1 Å². The maximum atomic E-state index is 13.4. The molecule has 0 aliphatic carbocycles. The van der Waals surface area contributed by atoms with Crippen LogP contribution in [0.5, 0.6) is 11.5 Å². The Labute approximate surface area is 157 Å². The maximum Gasteiger partial charge on any atom is 0.239 e. The van der Waals surface area contributed by atoms with Crippen LogP contribution in [0.2, 0.25) is 0 Å². The van der Waals surface area contributed by atoms with E-state index in [9.17, 15) is 13.6 Å². The Kier molecular flexibility index (Phi) is 6.60. The quantitative estimate of drug-likeness (QED) is 0.800. The molecule has 1 atom stereocenters. The van der Waals surface area contributed by atoms with Gasteiger partial charge < -0.3 is 19.7 Å². The topological polar surface area (TPSA) is 50.8 Å². The first-order valence-corrected chi connectivity index (χ1v) is 8.44. The Morgan fingerprint density at radius 1 is 1.11 bits per heavy atom. The van der Waals surface area contributed by atoms with Crippen molar-refractivity contribution in [1.82, 2.24) is 5.32 Å². The van der Waals surface area contributed by atoms with Gasteiger partial charge in [0.2, 0.25) is 5.91 Å². The summed E-state index contributed by atoms with van der Waals surface area (Å²) in [5.41, 5.74) is 2.27. The Bertz CT molecular complexity index is 827. The number of likely N-dealkylation sites (N-methyl/N-ethyl adjacent to an activating group) is 1. The normalized spacial score (nSPS) is 11.7. The van der Waals surface area contributed by atoms with Crippen LogP contribution in [-0.4, -0.2) is 33.7 Å². The van der Waals surface area contributed by atoms with E-state index in [1.54, 1.807) is 26.2 Å². The Morgan fingerprint density at radius 3 is 2.33 bits per heavy atom. The average Bonchev–Trinajstić information content (AvgIpc) is 2.63. The van der Waals surface area contributed by atoms with Gasteiger partial charge in [-0.3, -0.25) is 4.79 Å². The number of methoxy groups -OCH3 is 2. The second-order valence-electron chi connectivity index (χ2n) is 6.31. The lowest BCUT2D eigenvalue weighted by Gasteiger charge is -2.22. The van der Waals surface area contributed by atoms with E-state index < -0.39 is 11.6 Å². The summed E-state index contributed by atoms with van der Waals surface area (Å²) in [5, 5.41) is 2.91. The lowest BCUT2D eigenvalue weighted by atomic mass is 10.0. The molecule has 0 radical (unpaired) electrons. The molecular weight excluding hydrogens is 354 g/mol. The number of nitrogens with zero attached hydrogens (tertiary/aromatic N) is 1. The average molecular weight is 378 g/mol. The van der Waals surface area contributed by atoms with Crippen LogP contribution < -0.4 is 19.7 Å². The van der Waals surface area contributed by atoms with Crippen LogP contribution in [0.25, 0.3) is 0 Å². The molecule has 0 saturated carbocycles. The summed E-state index contributed by atoms with van der Waals surface area (Å²) in [6.45, 7) is 3.79. The molecule has 2 aromatic carbocycles. The van der Waals surface area contributed by atoms with Crippen LogP contribution in [-0.2, 0) is 4.79 Å². The molecule has 0 aliphatic heterocycles. The summed E-state index contributed by atoms with van der Waals surface area (Å²) in [6, 6.07) is 6.94. The van der Waals surface area contributed by atoms with E-state index >= 15 is 0 Å². The SMILES string of the molecule is COc1cc(C)c(C(C)NC(=O)CN(C)c2ccc(F)c(F)c2)cc1OC. The zero-order valence-corrected chi connectivity index (χ0v) is 16.1. The first-order chi connectivity index (χ1) is 12.8. The predicted octanol–water partition coefficient (Wildman–Crippen LogP) is 3.60. The zero-order chi connectivity index (χ0) is 20.1. The molecule has 1 amide bonds. The number of rotatable bonds is 7. The van der Waals surface area contributed by atoms with E-state index in [0.29, 0.717) is 17.2 Å². The molecule has 1 unspecified atom stereocenters. The van der Waals surface area contributed by atoms with Crippen molar-refractivity contribution >= 4 is 11.6 Å². The summed E-state index contributed by atoms with van der Waals surface area (Å²) in [6.07, 6.45) is 0. The molecule has 0 spiro atoms. The molecule has 2 rings (SSSR count). The lowest BCUT2D eigenvalue weighted by molar-refractivity contribution is -0.120. The number of hydrogen-bond donors (Lipinski definition) is 1. The van der Waals surface area contributed by atoms with E-state index in [4.69, 9.17) is 9.47 Å². The Morgan fingerprint density at radius 2 is 1.74 bits per heavy atom. The van der Waals surface area contributed by atoms with Crippen molar-refractivity contribution < 1.29 is 23.0 Å². The van der Waals surface area contributed by atoms with Gasteiger partial charge in [0, 0.05) is 18.8 Å². The summed E-state index contributed by atoms with van der Waals surface area (Å²) >= 11 is 0. The third kappa shape index (κ3) is 4.87. The van der Waals surface area contributed by atoms with Gasteiger partial charge in [0.1, 0.15) is 0 Å². The molecule has 146 valence electrons. The van der Waals surface area contributed by atoms with E-state index in [-0.39, 0.29) is 18.5 Å². The van der Waals surface area contributed by atoms with E-state index in [2.05, 4.69) is 5.32 Å². The number of amides is 1. The smallest absolute Gasteiger partial charge is 0.239 e. The third-order valence-corrected chi connectivity index (χ3v) is 4.34. The van der Waals surface area contributed by atoms with Crippen LogP contribution in [0.4, 0.5) is 14.5 Å². The number of aryl methyl sites for hydroxylation is 1. The van der Waals surface area contributed by atoms with Crippen LogP contribution >= 0.6 is 0 Å². The molecule has 0 aliphatic rings. The van der Waals surface area contributed by atoms with Crippen molar-refractivity contribution in [2.24, 2.45) is 0 Å². The van der Waals surface area contributed by atoms with Crippen LogP contribution in [0, 0.1) is 18.6 Å². The standard InChI is InChI=1S/C20H24F2N2O3/c1-12-8-18(26-4)19(27-5)10-15(12)13(2)23-20(25)11-24(3)14-6-7-16(21)17(22)9-14/h6-10,13H,11H2,1-5H3,(H,23,25). The minimum Gasteiger partial charge on any atom is -0.493 e. The third-order valence-electron chi connectivity index (χ3n) is 4.34. The molecule has 0 heterocycles. The number of nitrogens with one attached hydrogen (secondary N) is 1. The molecule has 0 bridgehead atoms. The highest BCUT2D eigenvalue weighted by Gasteiger charge is 2.17. The number of carbonyl (C=O) groups excluding carboxylic acids is 1. The predicted molar refractivity (Wildman–Crippen MR) is 100 cm³/mol. The summed E-state index contributed by atoms with van der Waals surface area (Å²) in [4.78, 5) is 13.9. The van der Waals surface area contributed by atoms with E-state index in [1.807, 2.05) is 26.0 Å². The first kappa shape index (κ1) is 20.5. The second kappa shape index (κ2) is 8.70. The van der Waals surface area contributed by atoms with Gasteiger partial charge in [-0.25, -0.2) is 8.78 Å². The second-order valence-corrected chi connectivity index (χ2v) is 6.31. The highest BCUT2D eigenvalue weighted by Crippen LogP contribution is 2.32. The highest BCUT2D eigenvalue weighted by molar-refractivity contribution is 5.81. The van der Waals surface area contributed by atoms with Crippen LogP contribution in [0.15, 0.2) is 30.3 Å². The molecule has 0 aromatic heterocycles. The van der Waals surface area contributed by atoms with E-state index in [1.165, 1.54) is 6.07 Å². The van der Waals surface area contributed by atoms with Gasteiger partial charge in [-0.2, -0.15) is 0 Å². The van der Waals surface area contributed by atoms with Gasteiger partial charge in [-0.05, 0) is 49.2 Å².